The summed E-state index contributed by atoms with van der Waals surface area (Å²) in [5.74, 6) is 0.642. The van der Waals surface area contributed by atoms with Crippen LogP contribution in [0.25, 0.3) is 44.8 Å². The van der Waals surface area contributed by atoms with Crippen molar-refractivity contribution in [1.29, 1.82) is 0 Å². The van der Waals surface area contributed by atoms with Crippen LogP contribution in [0, 0.1) is 6.92 Å². The normalized spacial score (nSPS) is 12.7. The molecule has 0 aliphatic rings. The molecule has 4 N–H and O–H groups in total. The summed E-state index contributed by atoms with van der Waals surface area (Å²) in [6.07, 6.45) is 9.19. The fourth-order valence-corrected chi connectivity index (χ4v) is 3.66. The van der Waals surface area contributed by atoms with E-state index >= 15 is 0 Å². The molecular weight excluding hydrogens is 400 g/mol. The third-order valence-corrected chi connectivity index (χ3v) is 5.28. The molecule has 4 heterocycles. The Labute approximate surface area is 184 Å². The maximum atomic E-state index is 5.94. The zero-order chi connectivity index (χ0) is 22.2. The highest BCUT2D eigenvalue weighted by Crippen LogP contribution is 2.29. The molecule has 0 saturated carbocycles. The molecule has 0 unspecified atom stereocenters. The second-order valence-electron chi connectivity index (χ2n) is 7.44. The number of hydrogen-bond donors (Lipinski definition) is 3. The highest BCUT2D eigenvalue weighted by molar-refractivity contribution is 5.93. The SMILES string of the molecule is C=C/C(N)=C\C(=C/C)c1ccc2[nH]nc(-c3nc4c(-n5cnc(C)c5)cccc4[nH]3)c2n1. The molecule has 0 spiro atoms. The van der Waals surface area contributed by atoms with Gasteiger partial charge in [0.15, 0.2) is 11.5 Å². The van der Waals surface area contributed by atoms with E-state index in [0.717, 1.165) is 44.7 Å². The van der Waals surface area contributed by atoms with E-state index in [9.17, 15) is 0 Å². The minimum absolute atomic E-state index is 0.576. The second kappa shape index (κ2) is 7.66. The van der Waals surface area contributed by atoms with Gasteiger partial charge in [-0.1, -0.05) is 18.7 Å². The summed E-state index contributed by atoms with van der Waals surface area (Å²) in [6, 6.07) is 9.89. The molecule has 0 aliphatic carbocycles. The van der Waals surface area contributed by atoms with Crippen LogP contribution in [0.1, 0.15) is 18.3 Å². The lowest BCUT2D eigenvalue weighted by molar-refractivity contribution is 1.06. The van der Waals surface area contributed by atoms with Gasteiger partial charge in [0.2, 0.25) is 0 Å². The van der Waals surface area contributed by atoms with Crippen molar-refractivity contribution in [1.82, 2.24) is 34.7 Å². The van der Waals surface area contributed by atoms with Crippen molar-refractivity contribution in [2.75, 3.05) is 0 Å². The van der Waals surface area contributed by atoms with Gasteiger partial charge in [-0.25, -0.2) is 15.0 Å². The van der Waals surface area contributed by atoms with Crippen LogP contribution in [0.3, 0.4) is 0 Å². The summed E-state index contributed by atoms with van der Waals surface area (Å²) in [6.45, 7) is 7.62. The molecule has 5 rings (SSSR count). The predicted molar refractivity (Wildman–Crippen MR) is 127 cm³/mol. The van der Waals surface area contributed by atoms with Crippen LogP contribution in [-0.4, -0.2) is 34.7 Å². The lowest BCUT2D eigenvalue weighted by Crippen LogP contribution is -1.95. The van der Waals surface area contributed by atoms with Gasteiger partial charge >= 0.3 is 0 Å². The highest BCUT2D eigenvalue weighted by atomic mass is 15.2. The Kier molecular flexibility index (Phi) is 4.67. The minimum atomic E-state index is 0.576. The van der Waals surface area contributed by atoms with Crippen LogP contribution >= 0.6 is 0 Å². The molecule has 0 fully saturated rings. The predicted octanol–water partition coefficient (Wildman–Crippen LogP) is 4.43. The number of nitrogens with zero attached hydrogens (tertiary/aromatic N) is 5. The van der Waals surface area contributed by atoms with Crippen LogP contribution < -0.4 is 5.73 Å². The first-order valence-electron chi connectivity index (χ1n) is 10.2. The number of nitrogens with one attached hydrogen (secondary N) is 2. The summed E-state index contributed by atoms with van der Waals surface area (Å²) in [7, 11) is 0. The van der Waals surface area contributed by atoms with Crippen LogP contribution in [0.2, 0.25) is 0 Å². The van der Waals surface area contributed by atoms with Crippen molar-refractivity contribution in [2.45, 2.75) is 13.8 Å². The van der Waals surface area contributed by atoms with E-state index in [4.69, 9.17) is 15.7 Å². The monoisotopic (exact) mass is 422 g/mol. The molecule has 4 aromatic heterocycles. The molecule has 0 atom stereocenters. The van der Waals surface area contributed by atoms with E-state index in [2.05, 4.69) is 26.7 Å². The third kappa shape index (κ3) is 3.27. The number of hydrogen-bond acceptors (Lipinski definition) is 5. The summed E-state index contributed by atoms with van der Waals surface area (Å²) in [5.41, 5.74) is 14.1. The Morgan fingerprint density at radius 1 is 1.12 bits per heavy atom. The standard InChI is InChI=1S/C24H22N8/c1-4-15(11-16(25)5-2)17-9-10-19-22(27-17)23(31-30-19)24-28-18-7-6-8-20(21(18)29-24)32-12-14(3)26-13-32/h4-13H,2,25H2,1,3H3,(H,28,29)(H,30,31)/b15-4+,16-11+. The van der Waals surface area contributed by atoms with Crippen molar-refractivity contribution in [3.05, 3.63) is 84.7 Å². The summed E-state index contributed by atoms with van der Waals surface area (Å²) >= 11 is 0. The van der Waals surface area contributed by atoms with Gasteiger partial charge < -0.3 is 15.3 Å². The summed E-state index contributed by atoms with van der Waals surface area (Å²) in [4.78, 5) is 17.4. The minimum Gasteiger partial charge on any atom is -0.399 e. The number of rotatable bonds is 5. The number of aromatic nitrogens is 7. The number of fused-ring (bicyclic) bond motifs is 2. The van der Waals surface area contributed by atoms with E-state index in [0.29, 0.717) is 17.2 Å². The van der Waals surface area contributed by atoms with Gasteiger partial charge in [0, 0.05) is 11.9 Å². The van der Waals surface area contributed by atoms with Crippen molar-refractivity contribution < 1.29 is 0 Å². The molecule has 0 bridgehead atoms. The smallest absolute Gasteiger partial charge is 0.161 e. The number of benzene rings is 1. The molecule has 0 amide bonds. The molecule has 5 aromatic rings. The Morgan fingerprint density at radius 2 is 2.00 bits per heavy atom. The molecule has 0 radical (unpaired) electrons. The fourth-order valence-electron chi connectivity index (χ4n) is 3.66. The average Bonchev–Trinajstić information content (AvgIpc) is 3.53. The molecule has 32 heavy (non-hydrogen) atoms. The first-order valence-corrected chi connectivity index (χ1v) is 10.2. The van der Waals surface area contributed by atoms with Crippen LogP contribution in [-0.2, 0) is 0 Å². The maximum Gasteiger partial charge on any atom is 0.161 e. The molecule has 1 aromatic carbocycles. The largest absolute Gasteiger partial charge is 0.399 e. The Bertz CT molecular complexity index is 1530. The number of para-hydroxylation sites is 1. The zero-order valence-corrected chi connectivity index (χ0v) is 17.8. The van der Waals surface area contributed by atoms with Gasteiger partial charge in [0.05, 0.1) is 34.4 Å². The number of H-pyrrole nitrogens is 2. The average molecular weight is 422 g/mol. The summed E-state index contributed by atoms with van der Waals surface area (Å²) < 4.78 is 1.97. The van der Waals surface area contributed by atoms with Gasteiger partial charge in [0.25, 0.3) is 0 Å². The first kappa shape index (κ1) is 19.5. The number of imidazole rings is 2. The first-order chi connectivity index (χ1) is 15.6. The molecule has 8 nitrogen and oxygen atoms in total. The Hall–Kier alpha value is -4.46. The zero-order valence-electron chi connectivity index (χ0n) is 17.8. The topological polar surface area (TPSA) is 114 Å². The molecule has 0 aliphatic heterocycles. The molecule has 0 saturated heterocycles. The molecule has 8 heteroatoms. The maximum absolute atomic E-state index is 5.94. The van der Waals surface area contributed by atoms with Gasteiger partial charge in [-0.15, -0.1) is 0 Å². The van der Waals surface area contributed by atoms with Crippen molar-refractivity contribution in [3.8, 4) is 17.2 Å². The lowest BCUT2D eigenvalue weighted by Gasteiger charge is -2.03. The fraction of sp³-hybridized carbons (Fsp3) is 0.0833. The van der Waals surface area contributed by atoms with Gasteiger partial charge in [-0.2, -0.15) is 5.10 Å². The van der Waals surface area contributed by atoms with E-state index in [1.54, 1.807) is 12.4 Å². The lowest BCUT2D eigenvalue weighted by atomic mass is 10.1. The van der Waals surface area contributed by atoms with E-state index in [-0.39, 0.29) is 0 Å². The highest BCUT2D eigenvalue weighted by Gasteiger charge is 2.17. The third-order valence-electron chi connectivity index (χ3n) is 5.28. The second-order valence-corrected chi connectivity index (χ2v) is 7.44. The van der Waals surface area contributed by atoms with Crippen molar-refractivity contribution in [2.24, 2.45) is 5.73 Å². The van der Waals surface area contributed by atoms with Crippen LogP contribution in [0.5, 0.6) is 0 Å². The number of allylic oxidation sites excluding steroid dienone is 4. The van der Waals surface area contributed by atoms with Crippen LogP contribution in [0.15, 0.2) is 73.4 Å². The Morgan fingerprint density at radius 3 is 2.75 bits per heavy atom. The van der Waals surface area contributed by atoms with Gasteiger partial charge in [0.1, 0.15) is 11.0 Å². The number of aryl methyl sites for hydroxylation is 1. The van der Waals surface area contributed by atoms with Gasteiger partial charge in [-0.05, 0) is 55.8 Å². The quantitative estimate of drug-likeness (QED) is 0.363. The molecule has 158 valence electrons. The Balaban J connectivity index is 1.64. The number of nitrogens with two attached hydrogens (primary N) is 1. The summed E-state index contributed by atoms with van der Waals surface area (Å²) in [5, 5.41) is 7.55. The molecular formula is C24H22N8. The van der Waals surface area contributed by atoms with E-state index in [1.165, 1.54) is 0 Å². The van der Waals surface area contributed by atoms with E-state index < -0.39 is 0 Å². The van der Waals surface area contributed by atoms with Gasteiger partial charge in [-0.3, -0.25) is 5.10 Å². The van der Waals surface area contributed by atoms with E-state index in [1.807, 2.05) is 67.1 Å². The number of pyridine rings is 1. The van der Waals surface area contributed by atoms with Crippen molar-refractivity contribution >= 4 is 27.6 Å². The van der Waals surface area contributed by atoms with Crippen molar-refractivity contribution in [3.63, 3.8) is 0 Å². The van der Waals surface area contributed by atoms with Crippen LogP contribution in [0.4, 0.5) is 0 Å². The number of aromatic amines is 2.